The first-order valence-electron chi connectivity index (χ1n) is 7.15. The van der Waals surface area contributed by atoms with Crippen LogP contribution in [0.25, 0.3) is 0 Å². The lowest BCUT2D eigenvalue weighted by atomic mass is 10.1. The molecule has 1 saturated heterocycles. The van der Waals surface area contributed by atoms with Gasteiger partial charge in [-0.25, -0.2) is 0 Å². The quantitative estimate of drug-likeness (QED) is 0.778. The monoisotopic (exact) mass is 293 g/mol. The van der Waals surface area contributed by atoms with E-state index in [1.807, 2.05) is 36.0 Å². The summed E-state index contributed by atoms with van der Waals surface area (Å²) < 4.78 is 0. The van der Waals surface area contributed by atoms with Crippen LogP contribution in [0.1, 0.15) is 12.0 Å². The first-order valence-corrected chi connectivity index (χ1v) is 8.31. The van der Waals surface area contributed by atoms with Crippen LogP contribution in [0.3, 0.4) is 0 Å². The zero-order valence-corrected chi connectivity index (χ0v) is 12.6. The van der Waals surface area contributed by atoms with Gasteiger partial charge in [-0.1, -0.05) is 12.1 Å². The van der Waals surface area contributed by atoms with Gasteiger partial charge in [-0.05, 0) is 24.1 Å². The Morgan fingerprint density at radius 1 is 1.35 bits per heavy atom. The number of nitrogen functional groups attached to an aromatic ring is 1. The van der Waals surface area contributed by atoms with Gasteiger partial charge in [0.15, 0.2) is 0 Å². The fraction of sp³-hybridized carbons (Fsp3) is 0.533. The van der Waals surface area contributed by atoms with E-state index in [4.69, 9.17) is 5.73 Å². The molecule has 0 bridgehead atoms. The Labute approximate surface area is 125 Å². The predicted octanol–water partition coefficient (Wildman–Crippen LogP) is 1.37. The minimum absolute atomic E-state index is 0.124. The topological polar surface area (TPSA) is 58.4 Å². The summed E-state index contributed by atoms with van der Waals surface area (Å²) in [5.74, 6) is 2.55. The van der Waals surface area contributed by atoms with Crippen molar-refractivity contribution in [2.24, 2.45) is 0 Å². The second kappa shape index (κ2) is 8.17. The molecule has 0 aliphatic carbocycles. The molecule has 5 heteroatoms. The van der Waals surface area contributed by atoms with Crippen LogP contribution in [0.2, 0.25) is 0 Å². The van der Waals surface area contributed by atoms with Crippen molar-refractivity contribution in [3.63, 3.8) is 0 Å². The summed E-state index contributed by atoms with van der Waals surface area (Å²) in [6, 6.07) is 7.73. The van der Waals surface area contributed by atoms with Crippen LogP contribution in [0.5, 0.6) is 0 Å². The van der Waals surface area contributed by atoms with Gasteiger partial charge in [-0.3, -0.25) is 9.69 Å². The highest BCUT2D eigenvalue weighted by Gasteiger charge is 2.10. The van der Waals surface area contributed by atoms with Gasteiger partial charge < -0.3 is 11.1 Å². The van der Waals surface area contributed by atoms with E-state index in [0.717, 1.165) is 43.9 Å². The Hall–Kier alpha value is -1.20. The van der Waals surface area contributed by atoms with E-state index in [9.17, 15) is 4.79 Å². The van der Waals surface area contributed by atoms with Crippen LogP contribution in [-0.4, -0.2) is 48.5 Å². The number of amides is 1. The Morgan fingerprint density at radius 2 is 2.15 bits per heavy atom. The van der Waals surface area contributed by atoms with Gasteiger partial charge in [0, 0.05) is 49.8 Å². The number of carbonyl (C=O) groups is 1. The van der Waals surface area contributed by atoms with Crippen LogP contribution >= 0.6 is 11.8 Å². The molecule has 1 heterocycles. The molecule has 110 valence electrons. The SMILES string of the molecule is Nc1cccc(CCC(=O)NCCN2CCSCC2)c1. The third-order valence-corrected chi connectivity index (χ3v) is 4.39. The van der Waals surface area contributed by atoms with Crippen molar-refractivity contribution in [3.8, 4) is 0 Å². The lowest BCUT2D eigenvalue weighted by Crippen LogP contribution is -2.39. The summed E-state index contributed by atoms with van der Waals surface area (Å²) in [6.07, 6.45) is 1.27. The molecule has 0 aromatic heterocycles. The van der Waals surface area contributed by atoms with Crippen molar-refractivity contribution in [2.45, 2.75) is 12.8 Å². The Balaban J connectivity index is 1.60. The molecule has 20 heavy (non-hydrogen) atoms. The van der Waals surface area contributed by atoms with Crippen LogP contribution in [0.4, 0.5) is 5.69 Å². The van der Waals surface area contributed by atoms with E-state index < -0.39 is 0 Å². The smallest absolute Gasteiger partial charge is 0.220 e. The molecule has 1 amide bonds. The lowest BCUT2D eigenvalue weighted by Gasteiger charge is -2.25. The number of benzene rings is 1. The number of hydrogen-bond acceptors (Lipinski definition) is 4. The molecule has 1 fully saturated rings. The maximum Gasteiger partial charge on any atom is 0.220 e. The van der Waals surface area contributed by atoms with E-state index in [1.54, 1.807) is 0 Å². The molecule has 0 unspecified atom stereocenters. The van der Waals surface area contributed by atoms with E-state index >= 15 is 0 Å². The average Bonchev–Trinajstić information content (AvgIpc) is 2.46. The van der Waals surface area contributed by atoms with Gasteiger partial charge in [-0.2, -0.15) is 11.8 Å². The van der Waals surface area contributed by atoms with Gasteiger partial charge in [0.25, 0.3) is 0 Å². The highest BCUT2D eigenvalue weighted by Crippen LogP contribution is 2.09. The third-order valence-electron chi connectivity index (χ3n) is 3.45. The third kappa shape index (κ3) is 5.43. The molecule has 0 radical (unpaired) electrons. The second-order valence-corrected chi connectivity index (χ2v) is 6.27. The van der Waals surface area contributed by atoms with Crippen molar-refractivity contribution in [2.75, 3.05) is 43.4 Å². The Kier molecular flexibility index (Phi) is 6.21. The maximum absolute atomic E-state index is 11.8. The number of nitrogens with zero attached hydrogens (tertiary/aromatic N) is 1. The zero-order chi connectivity index (χ0) is 14.2. The molecule has 1 aromatic carbocycles. The van der Waals surface area contributed by atoms with E-state index in [2.05, 4.69) is 10.2 Å². The number of hydrogen-bond donors (Lipinski definition) is 2. The highest BCUT2D eigenvalue weighted by molar-refractivity contribution is 7.99. The van der Waals surface area contributed by atoms with Crippen LogP contribution < -0.4 is 11.1 Å². The largest absolute Gasteiger partial charge is 0.399 e. The average molecular weight is 293 g/mol. The summed E-state index contributed by atoms with van der Waals surface area (Å²) in [6.45, 7) is 4.00. The Bertz CT molecular complexity index is 433. The number of nitrogens with two attached hydrogens (primary N) is 1. The van der Waals surface area contributed by atoms with Crippen LogP contribution in [0, 0.1) is 0 Å². The molecule has 1 aliphatic heterocycles. The van der Waals surface area contributed by atoms with Crippen molar-refractivity contribution in [1.29, 1.82) is 0 Å². The van der Waals surface area contributed by atoms with E-state index in [1.165, 1.54) is 11.5 Å². The molecular formula is C15H23N3OS. The van der Waals surface area contributed by atoms with Gasteiger partial charge >= 0.3 is 0 Å². The van der Waals surface area contributed by atoms with Crippen molar-refractivity contribution < 1.29 is 4.79 Å². The van der Waals surface area contributed by atoms with E-state index in [0.29, 0.717) is 6.42 Å². The highest BCUT2D eigenvalue weighted by atomic mass is 32.2. The molecule has 0 atom stereocenters. The van der Waals surface area contributed by atoms with Crippen molar-refractivity contribution in [1.82, 2.24) is 10.2 Å². The fourth-order valence-electron chi connectivity index (χ4n) is 2.27. The molecule has 2 rings (SSSR count). The Morgan fingerprint density at radius 3 is 2.90 bits per heavy atom. The number of anilines is 1. The van der Waals surface area contributed by atoms with Gasteiger partial charge in [-0.15, -0.1) is 0 Å². The van der Waals surface area contributed by atoms with Gasteiger partial charge in [0.05, 0.1) is 0 Å². The number of nitrogens with one attached hydrogen (secondary N) is 1. The number of aryl methyl sites for hydroxylation is 1. The number of rotatable bonds is 6. The summed E-state index contributed by atoms with van der Waals surface area (Å²) >= 11 is 2.01. The molecule has 1 aromatic rings. The molecule has 1 aliphatic rings. The number of thioether (sulfide) groups is 1. The predicted molar refractivity (Wildman–Crippen MR) is 86.0 cm³/mol. The normalized spacial score (nSPS) is 16.0. The van der Waals surface area contributed by atoms with Crippen molar-refractivity contribution >= 4 is 23.4 Å². The van der Waals surface area contributed by atoms with Gasteiger partial charge in [0.2, 0.25) is 5.91 Å². The molecule has 4 nitrogen and oxygen atoms in total. The van der Waals surface area contributed by atoms with Crippen LogP contribution in [-0.2, 0) is 11.2 Å². The molecule has 0 saturated carbocycles. The number of carbonyl (C=O) groups excluding carboxylic acids is 1. The lowest BCUT2D eigenvalue weighted by molar-refractivity contribution is -0.121. The maximum atomic E-state index is 11.8. The first kappa shape index (κ1) is 15.2. The summed E-state index contributed by atoms with van der Waals surface area (Å²) in [7, 11) is 0. The fourth-order valence-corrected chi connectivity index (χ4v) is 3.25. The second-order valence-electron chi connectivity index (χ2n) is 5.05. The minimum atomic E-state index is 0.124. The first-order chi connectivity index (χ1) is 9.74. The standard InChI is InChI=1S/C15H23N3OS/c16-14-3-1-2-13(12-14)4-5-15(19)17-6-7-18-8-10-20-11-9-18/h1-3,12H,4-11,16H2,(H,17,19). The van der Waals surface area contributed by atoms with Crippen molar-refractivity contribution in [3.05, 3.63) is 29.8 Å². The summed E-state index contributed by atoms with van der Waals surface area (Å²) in [4.78, 5) is 14.2. The minimum Gasteiger partial charge on any atom is -0.399 e. The molecule has 3 N–H and O–H groups in total. The summed E-state index contributed by atoms with van der Waals surface area (Å²) in [5.41, 5.74) is 7.59. The summed E-state index contributed by atoms with van der Waals surface area (Å²) in [5, 5.41) is 3.00. The van der Waals surface area contributed by atoms with E-state index in [-0.39, 0.29) is 5.91 Å². The molecule has 0 spiro atoms. The van der Waals surface area contributed by atoms with Crippen LogP contribution in [0.15, 0.2) is 24.3 Å². The molecular weight excluding hydrogens is 270 g/mol. The zero-order valence-electron chi connectivity index (χ0n) is 11.8. The van der Waals surface area contributed by atoms with Gasteiger partial charge in [0.1, 0.15) is 0 Å².